The summed E-state index contributed by atoms with van der Waals surface area (Å²) in [5.74, 6) is -2.86. The molecule has 100 valence electrons. The van der Waals surface area contributed by atoms with Crippen molar-refractivity contribution in [2.24, 2.45) is 0 Å². The number of amides is 1. The van der Waals surface area contributed by atoms with Crippen molar-refractivity contribution in [2.45, 2.75) is 0 Å². The summed E-state index contributed by atoms with van der Waals surface area (Å²) in [5, 5.41) is 19.5. The third-order valence-electron chi connectivity index (χ3n) is 2.08. The number of carbonyl (C=O) groups excluding carboxylic acids is 1. The number of benzene rings is 1. The number of hydrogen-bond acceptors (Lipinski definition) is 4. The molecule has 0 fully saturated rings. The van der Waals surface area contributed by atoms with Crippen molar-refractivity contribution < 1.29 is 29.3 Å². The van der Waals surface area contributed by atoms with E-state index in [1.807, 2.05) is 0 Å². The number of carbonyl (C=O) groups is 3. The number of carboxylic acid groups (broad SMARTS) is 2. The maximum atomic E-state index is 11.4. The average Bonchev–Trinajstić information content (AvgIpc) is 2.36. The van der Waals surface area contributed by atoms with Crippen LogP contribution in [-0.4, -0.2) is 35.2 Å². The lowest BCUT2D eigenvalue weighted by Gasteiger charge is -2.09. The lowest BCUT2D eigenvalue weighted by molar-refractivity contribution is -0.131. The van der Waals surface area contributed by atoms with Crippen molar-refractivity contribution in [1.82, 2.24) is 0 Å². The van der Waals surface area contributed by atoms with Gasteiger partial charge in [-0.05, 0) is 18.2 Å². The minimum atomic E-state index is -1.26. The predicted octanol–water partition coefficient (Wildman–Crippen LogP) is 0.973. The Bertz CT molecular complexity index is 549. The van der Waals surface area contributed by atoms with Gasteiger partial charge >= 0.3 is 11.9 Å². The van der Waals surface area contributed by atoms with Gasteiger partial charge < -0.3 is 20.3 Å². The Morgan fingerprint density at radius 2 is 1.89 bits per heavy atom. The molecule has 0 aromatic heterocycles. The van der Waals surface area contributed by atoms with Crippen molar-refractivity contribution in [2.75, 3.05) is 12.4 Å². The smallest absolute Gasteiger partial charge is 0.335 e. The molecule has 0 radical (unpaired) electrons. The number of methoxy groups -OCH3 is 1. The fraction of sp³-hybridized carbons (Fsp3) is 0.0833. The minimum Gasteiger partial charge on any atom is -0.495 e. The maximum absolute atomic E-state index is 11.4. The molecular formula is C12H11NO6. The van der Waals surface area contributed by atoms with Gasteiger partial charge in [-0.3, -0.25) is 4.79 Å². The molecule has 0 atom stereocenters. The van der Waals surface area contributed by atoms with Gasteiger partial charge in [-0.25, -0.2) is 9.59 Å². The van der Waals surface area contributed by atoms with Gasteiger partial charge in [-0.2, -0.15) is 0 Å². The Kier molecular flexibility index (Phi) is 4.64. The molecule has 0 aliphatic heterocycles. The number of rotatable bonds is 5. The molecule has 0 aliphatic rings. The molecule has 0 spiro atoms. The van der Waals surface area contributed by atoms with Crippen LogP contribution in [0.2, 0.25) is 0 Å². The Balaban J connectivity index is 2.98. The number of hydrogen-bond donors (Lipinski definition) is 3. The number of aromatic carboxylic acids is 1. The lowest BCUT2D eigenvalue weighted by atomic mass is 10.2. The standard InChI is InChI=1S/C12H11NO6/c1-19-9-3-2-7(12(17)18)6-8(9)13-10(14)4-5-11(15)16/h2-6H,1H3,(H,13,14)(H,15,16)(H,17,18). The van der Waals surface area contributed by atoms with Crippen LogP contribution < -0.4 is 10.1 Å². The van der Waals surface area contributed by atoms with Crippen molar-refractivity contribution >= 4 is 23.5 Å². The van der Waals surface area contributed by atoms with Gasteiger partial charge in [0.15, 0.2) is 0 Å². The first-order valence-corrected chi connectivity index (χ1v) is 5.07. The van der Waals surface area contributed by atoms with Crippen molar-refractivity contribution in [3.8, 4) is 5.75 Å². The first-order chi connectivity index (χ1) is 8.93. The molecule has 0 aliphatic carbocycles. The van der Waals surface area contributed by atoms with Crippen LogP contribution in [0, 0.1) is 0 Å². The van der Waals surface area contributed by atoms with E-state index in [4.69, 9.17) is 14.9 Å². The lowest BCUT2D eigenvalue weighted by Crippen LogP contribution is -2.10. The second-order valence-corrected chi connectivity index (χ2v) is 3.38. The first kappa shape index (κ1) is 14.2. The first-order valence-electron chi connectivity index (χ1n) is 5.07. The predicted molar refractivity (Wildman–Crippen MR) is 65.4 cm³/mol. The summed E-state index contributed by atoms with van der Waals surface area (Å²) in [7, 11) is 1.36. The van der Waals surface area contributed by atoms with Crippen LogP contribution in [0.15, 0.2) is 30.4 Å². The number of ether oxygens (including phenoxy) is 1. The van der Waals surface area contributed by atoms with Gasteiger partial charge in [-0.15, -0.1) is 0 Å². The largest absolute Gasteiger partial charge is 0.495 e. The van der Waals surface area contributed by atoms with Crippen LogP contribution in [0.1, 0.15) is 10.4 Å². The molecule has 19 heavy (non-hydrogen) atoms. The van der Waals surface area contributed by atoms with E-state index >= 15 is 0 Å². The van der Waals surface area contributed by atoms with Gasteiger partial charge in [0, 0.05) is 12.2 Å². The molecule has 7 nitrogen and oxygen atoms in total. The Labute approximate surface area is 108 Å². The third-order valence-corrected chi connectivity index (χ3v) is 2.08. The molecular weight excluding hydrogens is 254 g/mol. The van der Waals surface area contributed by atoms with E-state index in [2.05, 4.69) is 5.32 Å². The van der Waals surface area contributed by atoms with Crippen molar-refractivity contribution in [3.63, 3.8) is 0 Å². The number of carboxylic acids is 2. The highest BCUT2D eigenvalue weighted by Crippen LogP contribution is 2.25. The molecule has 7 heteroatoms. The highest BCUT2D eigenvalue weighted by atomic mass is 16.5. The highest BCUT2D eigenvalue weighted by Gasteiger charge is 2.10. The zero-order valence-electron chi connectivity index (χ0n) is 9.91. The Morgan fingerprint density at radius 3 is 2.42 bits per heavy atom. The van der Waals surface area contributed by atoms with Crippen LogP contribution in [0.5, 0.6) is 5.75 Å². The minimum absolute atomic E-state index is 0.0293. The molecule has 0 unspecified atom stereocenters. The van der Waals surface area contributed by atoms with E-state index in [0.717, 1.165) is 6.08 Å². The number of anilines is 1. The van der Waals surface area contributed by atoms with Crippen LogP contribution in [-0.2, 0) is 9.59 Å². The van der Waals surface area contributed by atoms with Crippen LogP contribution in [0.25, 0.3) is 0 Å². The zero-order valence-corrected chi connectivity index (χ0v) is 9.91. The van der Waals surface area contributed by atoms with Crippen LogP contribution in [0.3, 0.4) is 0 Å². The van der Waals surface area contributed by atoms with Crippen LogP contribution in [0.4, 0.5) is 5.69 Å². The quantitative estimate of drug-likeness (QED) is 0.684. The van der Waals surface area contributed by atoms with Gasteiger partial charge in [0.1, 0.15) is 5.75 Å². The summed E-state index contributed by atoms with van der Waals surface area (Å²) < 4.78 is 4.96. The van der Waals surface area contributed by atoms with E-state index in [0.29, 0.717) is 6.08 Å². The molecule has 0 bridgehead atoms. The molecule has 0 saturated heterocycles. The molecule has 0 saturated carbocycles. The van der Waals surface area contributed by atoms with E-state index in [1.54, 1.807) is 0 Å². The number of nitrogens with one attached hydrogen (secondary N) is 1. The van der Waals surface area contributed by atoms with E-state index in [9.17, 15) is 14.4 Å². The summed E-state index contributed by atoms with van der Waals surface area (Å²) >= 11 is 0. The third kappa shape index (κ3) is 4.15. The van der Waals surface area contributed by atoms with Crippen molar-refractivity contribution in [1.29, 1.82) is 0 Å². The topological polar surface area (TPSA) is 113 Å². The van der Waals surface area contributed by atoms with Crippen molar-refractivity contribution in [3.05, 3.63) is 35.9 Å². The molecule has 0 heterocycles. The van der Waals surface area contributed by atoms with E-state index in [1.165, 1.54) is 25.3 Å². The zero-order chi connectivity index (χ0) is 14.4. The maximum Gasteiger partial charge on any atom is 0.335 e. The van der Waals surface area contributed by atoms with Crippen LogP contribution >= 0.6 is 0 Å². The summed E-state index contributed by atoms with van der Waals surface area (Å²) in [5.41, 5.74) is 0.112. The highest BCUT2D eigenvalue weighted by molar-refractivity contribution is 6.03. The molecule has 1 aromatic carbocycles. The molecule has 1 aromatic rings. The number of aliphatic carboxylic acids is 1. The Morgan fingerprint density at radius 1 is 1.21 bits per heavy atom. The molecule has 1 amide bonds. The normalized spacial score (nSPS) is 10.2. The molecule has 1 rings (SSSR count). The van der Waals surface area contributed by atoms with Gasteiger partial charge in [-0.1, -0.05) is 0 Å². The fourth-order valence-corrected chi connectivity index (χ4v) is 1.26. The second kappa shape index (κ2) is 6.20. The summed E-state index contributed by atoms with van der Waals surface area (Å²) in [4.78, 5) is 32.5. The second-order valence-electron chi connectivity index (χ2n) is 3.38. The summed E-state index contributed by atoms with van der Waals surface area (Å²) in [6.07, 6.45) is 1.48. The monoisotopic (exact) mass is 265 g/mol. The average molecular weight is 265 g/mol. The molecule has 3 N–H and O–H groups in total. The van der Waals surface area contributed by atoms with E-state index in [-0.39, 0.29) is 17.0 Å². The van der Waals surface area contributed by atoms with Gasteiger partial charge in [0.25, 0.3) is 0 Å². The SMILES string of the molecule is COc1ccc(C(=O)O)cc1NC(=O)C=CC(=O)O. The van der Waals surface area contributed by atoms with E-state index < -0.39 is 17.8 Å². The van der Waals surface area contributed by atoms with Gasteiger partial charge in [0.05, 0.1) is 18.4 Å². The Hall–Kier alpha value is -2.83. The van der Waals surface area contributed by atoms with Gasteiger partial charge in [0.2, 0.25) is 5.91 Å². The summed E-state index contributed by atoms with van der Waals surface area (Å²) in [6.45, 7) is 0. The fourth-order valence-electron chi connectivity index (χ4n) is 1.26. The summed E-state index contributed by atoms with van der Waals surface area (Å²) in [6, 6.07) is 3.93.